The van der Waals surface area contributed by atoms with Crippen molar-refractivity contribution in [1.29, 1.82) is 0 Å². The maximum absolute atomic E-state index is 14.1. The van der Waals surface area contributed by atoms with Crippen LogP contribution < -0.4 is 21.3 Å². The van der Waals surface area contributed by atoms with E-state index in [0.29, 0.717) is 22.6 Å². The first kappa shape index (κ1) is 25.1. The molecule has 9 nitrogen and oxygen atoms in total. The fraction of sp³-hybridized carbons (Fsp3) is 0.520. The van der Waals surface area contributed by atoms with Crippen LogP contribution in [0.5, 0.6) is 0 Å². The van der Waals surface area contributed by atoms with Crippen molar-refractivity contribution in [3.05, 3.63) is 24.3 Å². The third-order valence-corrected chi connectivity index (χ3v) is 7.40. The largest absolute Gasteiger partial charge is 0.408 e. The second kappa shape index (κ2) is 10.1. The third-order valence-electron chi connectivity index (χ3n) is 7.40. The van der Waals surface area contributed by atoms with E-state index in [2.05, 4.69) is 30.8 Å². The average molecular weight is 517 g/mol. The fourth-order valence-corrected chi connectivity index (χ4v) is 5.39. The Morgan fingerprint density at radius 1 is 1.11 bits per heavy atom. The van der Waals surface area contributed by atoms with Gasteiger partial charge in [0, 0.05) is 36.7 Å². The first-order chi connectivity index (χ1) is 17.7. The number of nitrogen functional groups attached to an aromatic ring is 1. The number of amides is 1. The maximum Gasteiger partial charge on any atom is 0.408 e. The molecule has 5 rings (SSSR count). The molecular weight excluding hydrogens is 485 g/mol. The minimum Gasteiger partial charge on any atom is -0.382 e. The zero-order valence-corrected chi connectivity index (χ0v) is 20.6. The Kier molecular flexibility index (Phi) is 6.82. The summed E-state index contributed by atoms with van der Waals surface area (Å²) in [6.07, 6.45) is 0.634. The van der Waals surface area contributed by atoms with Crippen LogP contribution in [0.15, 0.2) is 24.3 Å². The number of piperidine rings is 1. The Morgan fingerprint density at radius 2 is 1.89 bits per heavy atom. The van der Waals surface area contributed by atoms with Gasteiger partial charge in [-0.2, -0.15) is 23.3 Å². The molecule has 37 heavy (non-hydrogen) atoms. The number of nitrogens with one attached hydrogen (secondary N) is 3. The Morgan fingerprint density at radius 3 is 2.62 bits per heavy atom. The van der Waals surface area contributed by atoms with Crippen molar-refractivity contribution in [1.82, 2.24) is 25.5 Å². The molecule has 0 spiro atoms. The van der Waals surface area contributed by atoms with E-state index < -0.39 is 18.1 Å². The molecule has 1 saturated heterocycles. The van der Waals surface area contributed by atoms with Crippen molar-refractivity contribution >= 4 is 34.4 Å². The highest BCUT2D eigenvalue weighted by atomic mass is 19.4. The summed E-state index contributed by atoms with van der Waals surface area (Å²) in [5.74, 6) is -0.0635. The number of nitrogens with two attached hydrogens (primary N) is 1. The standard InChI is InChI=1S/C25H31F3N8O/c1-30-24-32-18(14-7-9-17-19(11-14)34-35-22(17)29)12-21(33-24)36-13-15(8-10-20(36)25(26,27)28)23(37)31-16-5-3-2-4-6-16/h7,9,11-12,15-16,20H,2-6,8,10,13H2,1H3,(H,31,37)(H3,29,34,35)(H,30,32,33)/t15-,20-/m0/s1. The fourth-order valence-electron chi connectivity index (χ4n) is 5.39. The molecule has 2 aromatic heterocycles. The zero-order valence-electron chi connectivity index (χ0n) is 20.6. The summed E-state index contributed by atoms with van der Waals surface area (Å²) in [6.45, 7) is -0.0710. The van der Waals surface area contributed by atoms with Gasteiger partial charge in [0.2, 0.25) is 11.9 Å². The van der Waals surface area contributed by atoms with Gasteiger partial charge >= 0.3 is 6.18 Å². The second-order valence-corrected chi connectivity index (χ2v) is 9.88. The van der Waals surface area contributed by atoms with E-state index in [9.17, 15) is 18.0 Å². The predicted molar refractivity (Wildman–Crippen MR) is 136 cm³/mol. The predicted octanol–water partition coefficient (Wildman–Crippen LogP) is 4.24. The smallest absolute Gasteiger partial charge is 0.382 e. The maximum atomic E-state index is 14.1. The number of aromatic nitrogens is 4. The molecule has 1 aliphatic heterocycles. The second-order valence-electron chi connectivity index (χ2n) is 9.88. The highest BCUT2D eigenvalue weighted by Gasteiger charge is 2.48. The normalized spacial score (nSPS) is 21.2. The van der Waals surface area contributed by atoms with Crippen LogP contribution in [0.4, 0.5) is 30.8 Å². The van der Waals surface area contributed by atoms with Crippen LogP contribution in [0.25, 0.3) is 22.2 Å². The summed E-state index contributed by atoms with van der Waals surface area (Å²) in [5, 5.41) is 13.5. The number of benzene rings is 1. The molecule has 3 heterocycles. The zero-order chi connectivity index (χ0) is 26.2. The SMILES string of the molecule is CNc1nc(-c2ccc3c(N)n[nH]c3c2)cc(N2C[C@@H](C(=O)NC3CCCCC3)CC[C@H]2C(F)(F)F)n1. The molecular formula is C25H31F3N8O. The number of hydrogen-bond acceptors (Lipinski definition) is 7. The van der Waals surface area contributed by atoms with Crippen LogP contribution in [0.1, 0.15) is 44.9 Å². The molecule has 2 atom stereocenters. The Labute approximate surface area is 212 Å². The van der Waals surface area contributed by atoms with Gasteiger partial charge in [0.15, 0.2) is 5.82 Å². The van der Waals surface area contributed by atoms with Crippen LogP contribution in [0.3, 0.4) is 0 Å². The van der Waals surface area contributed by atoms with Crippen molar-refractivity contribution in [2.24, 2.45) is 5.92 Å². The average Bonchev–Trinajstić information content (AvgIpc) is 3.28. The molecule has 0 radical (unpaired) electrons. The Hall–Kier alpha value is -3.57. The van der Waals surface area contributed by atoms with Crippen LogP contribution in [-0.2, 0) is 4.79 Å². The molecule has 2 aliphatic rings. The van der Waals surface area contributed by atoms with E-state index in [-0.39, 0.29) is 43.1 Å². The van der Waals surface area contributed by atoms with Gasteiger partial charge < -0.3 is 21.3 Å². The Balaban J connectivity index is 1.47. The number of nitrogens with zero attached hydrogens (tertiary/aromatic N) is 4. The van der Waals surface area contributed by atoms with Gasteiger partial charge in [-0.1, -0.05) is 25.3 Å². The van der Waals surface area contributed by atoms with E-state index in [1.807, 2.05) is 0 Å². The highest BCUT2D eigenvalue weighted by Crippen LogP contribution is 2.38. The van der Waals surface area contributed by atoms with Gasteiger partial charge in [0.1, 0.15) is 11.9 Å². The molecule has 1 aromatic carbocycles. The van der Waals surface area contributed by atoms with Crippen LogP contribution in [0, 0.1) is 5.92 Å². The summed E-state index contributed by atoms with van der Waals surface area (Å²) in [5.41, 5.74) is 7.66. The van der Waals surface area contributed by atoms with E-state index in [4.69, 9.17) is 5.73 Å². The van der Waals surface area contributed by atoms with Crippen LogP contribution in [0.2, 0.25) is 0 Å². The van der Waals surface area contributed by atoms with E-state index in [1.54, 1.807) is 31.3 Å². The molecule has 5 N–H and O–H groups in total. The van der Waals surface area contributed by atoms with Gasteiger partial charge in [-0.05, 0) is 37.8 Å². The lowest BCUT2D eigenvalue weighted by Crippen LogP contribution is -2.55. The molecule has 3 aromatic rings. The first-order valence-electron chi connectivity index (χ1n) is 12.7. The molecule has 0 unspecified atom stereocenters. The number of aromatic amines is 1. The lowest BCUT2D eigenvalue weighted by molar-refractivity contribution is -0.156. The third kappa shape index (κ3) is 5.28. The van der Waals surface area contributed by atoms with Crippen molar-refractivity contribution in [2.75, 3.05) is 29.5 Å². The summed E-state index contributed by atoms with van der Waals surface area (Å²) in [4.78, 5) is 23.1. The number of halogens is 3. The van der Waals surface area contributed by atoms with Gasteiger partial charge in [-0.25, -0.2) is 4.98 Å². The molecule has 2 fully saturated rings. The number of carbonyl (C=O) groups is 1. The lowest BCUT2D eigenvalue weighted by Gasteiger charge is -2.41. The van der Waals surface area contributed by atoms with Crippen molar-refractivity contribution in [3.63, 3.8) is 0 Å². The number of fused-ring (bicyclic) bond motifs is 1. The lowest BCUT2D eigenvalue weighted by atomic mass is 9.90. The van der Waals surface area contributed by atoms with Gasteiger partial charge in [-0.15, -0.1) is 0 Å². The molecule has 12 heteroatoms. The molecule has 1 amide bonds. The van der Waals surface area contributed by atoms with E-state index in [1.165, 1.54) is 4.90 Å². The number of anilines is 3. The number of hydrogen-bond donors (Lipinski definition) is 4. The van der Waals surface area contributed by atoms with Crippen molar-refractivity contribution in [2.45, 2.75) is 63.2 Å². The van der Waals surface area contributed by atoms with Crippen LogP contribution in [-0.4, -0.2) is 57.9 Å². The van der Waals surface area contributed by atoms with Gasteiger partial charge in [0.05, 0.1) is 17.1 Å². The topological polar surface area (TPSA) is 125 Å². The van der Waals surface area contributed by atoms with Crippen molar-refractivity contribution in [3.8, 4) is 11.3 Å². The summed E-state index contributed by atoms with van der Waals surface area (Å²) in [7, 11) is 1.61. The number of alkyl halides is 3. The molecule has 0 bridgehead atoms. The van der Waals surface area contributed by atoms with Crippen LogP contribution >= 0.6 is 0 Å². The first-order valence-corrected chi connectivity index (χ1v) is 12.7. The number of carbonyl (C=O) groups excluding carboxylic acids is 1. The quantitative estimate of drug-likeness (QED) is 0.400. The van der Waals surface area contributed by atoms with E-state index in [0.717, 1.165) is 37.5 Å². The summed E-state index contributed by atoms with van der Waals surface area (Å²) < 4.78 is 42.4. The summed E-state index contributed by atoms with van der Waals surface area (Å²) in [6, 6.07) is 5.27. The molecule has 198 valence electrons. The van der Waals surface area contributed by atoms with E-state index >= 15 is 0 Å². The monoisotopic (exact) mass is 516 g/mol. The minimum atomic E-state index is -4.47. The summed E-state index contributed by atoms with van der Waals surface area (Å²) >= 11 is 0. The number of rotatable bonds is 5. The minimum absolute atomic E-state index is 0.0710. The number of H-pyrrole nitrogens is 1. The van der Waals surface area contributed by atoms with Gasteiger partial charge in [0.25, 0.3) is 0 Å². The molecule has 1 aliphatic carbocycles. The highest BCUT2D eigenvalue weighted by molar-refractivity contribution is 5.91. The van der Waals surface area contributed by atoms with Gasteiger partial charge in [-0.3, -0.25) is 9.89 Å². The Bertz CT molecular complexity index is 1270. The van der Waals surface area contributed by atoms with Crippen molar-refractivity contribution < 1.29 is 18.0 Å². The molecule has 1 saturated carbocycles.